The van der Waals surface area contributed by atoms with Gasteiger partial charge < -0.3 is 47.4 Å². The molecule has 49 heavy (non-hydrogen) atoms. The summed E-state index contributed by atoms with van der Waals surface area (Å²) in [6.45, 7) is 16.6. The Labute approximate surface area is 300 Å². The van der Waals surface area contributed by atoms with Crippen LogP contribution in [0.5, 0.6) is 0 Å². The molecule has 0 bridgehead atoms. The lowest BCUT2D eigenvalue weighted by Crippen LogP contribution is -2.27. The van der Waals surface area contributed by atoms with E-state index in [9.17, 15) is 4.79 Å². The number of esters is 1. The van der Waals surface area contributed by atoms with Gasteiger partial charge in [0.25, 0.3) is 0 Å². The van der Waals surface area contributed by atoms with E-state index in [4.69, 9.17) is 47.4 Å². The summed E-state index contributed by atoms with van der Waals surface area (Å²) < 4.78 is 54.5. The minimum atomic E-state index is -0.505. The standard InChI is InChI=1S/C38H76O11/c1-5-6-7-8-9-10-11-12-13-14-15-16-17-18-19-40-20-21-41-22-23-42-24-25-43-26-27-44-28-29-45-30-31-46-32-33-47-34-35-48-36-37(39)49-38(2,3)4/h5-36H2,1-4H3. The number of ether oxygens (including phenoxy) is 10. The summed E-state index contributed by atoms with van der Waals surface area (Å²) in [5, 5.41) is 0. The molecule has 0 aromatic carbocycles. The molecule has 0 heterocycles. The molecule has 11 heteroatoms. The van der Waals surface area contributed by atoms with Gasteiger partial charge in [0.1, 0.15) is 12.2 Å². The summed E-state index contributed by atoms with van der Waals surface area (Å²) in [5.41, 5.74) is -0.505. The van der Waals surface area contributed by atoms with E-state index >= 15 is 0 Å². The van der Waals surface area contributed by atoms with Gasteiger partial charge in [0.05, 0.1) is 106 Å². The Morgan fingerprint density at radius 3 is 0.878 bits per heavy atom. The van der Waals surface area contributed by atoms with Crippen LogP contribution < -0.4 is 0 Å². The third-order valence-corrected chi connectivity index (χ3v) is 7.26. The van der Waals surface area contributed by atoms with Gasteiger partial charge in [0.2, 0.25) is 0 Å². The minimum Gasteiger partial charge on any atom is -0.458 e. The first kappa shape index (κ1) is 48.1. The number of hydrogen-bond donors (Lipinski definition) is 0. The normalized spacial score (nSPS) is 11.8. The molecule has 0 atom stereocenters. The lowest BCUT2D eigenvalue weighted by molar-refractivity contribution is -0.160. The predicted octanol–water partition coefficient (Wildman–Crippen LogP) is 6.96. The van der Waals surface area contributed by atoms with Crippen molar-refractivity contribution in [2.24, 2.45) is 0 Å². The van der Waals surface area contributed by atoms with E-state index in [0.717, 1.165) is 13.0 Å². The number of unbranched alkanes of at least 4 members (excludes halogenated alkanes) is 13. The van der Waals surface area contributed by atoms with Gasteiger partial charge in [-0.3, -0.25) is 0 Å². The maximum Gasteiger partial charge on any atom is 0.332 e. The fourth-order valence-electron chi connectivity index (χ4n) is 4.68. The summed E-state index contributed by atoms with van der Waals surface area (Å²) in [7, 11) is 0. The van der Waals surface area contributed by atoms with E-state index < -0.39 is 5.60 Å². The Morgan fingerprint density at radius 1 is 0.347 bits per heavy atom. The molecule has 0 aromatic rings. The van der Waals surface area contributed by atoms with E-state index in [0.29, 0.717) is 106 Å². The van der Waals surface area contributed by atoms with Crippen LogP contribution in [0.2, 0.25) is 0 Å². The Balaban J connectivity index is 3.09. The van der Waals surface area contributed by atoms with Gasteiger partial charge in [-0.25, -0.2) is 4.79 Å². The maximum absolute atomic E-state index is 11.5. The van der Waals surface area contributed by atoms with Gasteiger partial charge in [0.15, 0.2) is 0 Å². The van der Waals surface area contributed by atoms with Crippen LogP contribution in [0.4, 0.5) is 0 Å². The summed E-state index contributed by atoms with van der Waals surface area (Å²) >= 11 is 0. The topological polar surface area (TPSA) is 109 Å². The average Bonchev–Trinajstić information content (AvgIpc) is 3.06. The van der Waals surface area contributed by atoms with Crippen LogP contribution in [-0.4, -0.2) is 130 Å². The largest absolute Gasteiger partial charge is 0.458 e. The smallest absolute Gasteiger partial charge is 0.332 e. The molecule has 0 aromatic heterocycles. The van der Waals surface area contributed by atoms with Gasteiger partial charge in [-0.1, -0.05) is 90.4 Å². The molecule has 0 saturated carbocycles. The molecule has 0 saturated heterocycles. The van der Waals surface area contributed by atoms with E-state index in [1.165, 1.54) is 83.5 Å². The number of carbonyl (C=O) groups excluding carboxylic acids is 1. The van der Waals surface area contributed by atoms with Crippen molar-refractivity contribution in [3.63, 3.8) is 0 Å². The zero-order valence-corrected chi connectivity index (χ0v) is 32.1. The second-order valence-corrected chi connectivity index (χ2v) is 13.1. The summed E-state index contributed by atoms with van der Waals surface area (Å²) in [5.74, 6) is -0.380. The Morgan fingerprint density at radius 2 is 0.592 bits per heavy atom. The monoisotopic (exact) mass is 709 g/mol. The molecular formula is C38H76O11. The summed E-state index contributed by atoms with van der Waals surface area (Å²) in [6, 6.07) is 0. The van der Waals surface area contributed by atoms with Crippen molar-refractivity contribution in [3.8, 4) is 0 Å². The zero-order valence-electron chi connectivity index (χ0n) is 32.1. The fourth-order valence-corrected chi connectivity index (χ4v) is 4.68. The molecule has 0 fully saturated rings. The molecular weight excluding hydrogens is 632 g/mol. The van der Waals surface area contributed by atoms with E-state index in [1.807, 2.05) is 20.8 Å². The number of carbonyl (C=O) groups is 1. The van der Waals surface area contributed by atoms with E-state index in [-0.39, 0.29) is 12.6 Å². The van der Waals surface area contributed by atoms with Gasteiger partial charge >= 0.3 is 5.97 Å². The van der Waals surface area contributed by atoms with Crippen molar-refractivity contribution in [3.05, 3.63) is 0 Å². The van der Waals surface area contributed by atoms with Crippen LogP contribution in [0.15, 0.2) is 0 Å². The van der Waals surface area contributed by atoms with Gasteiger partial charge in [-0.05, 0) is 27.2 Å². The lowest BCUT2D eigenvalue weighted by Gasteiger charge is -2.19. The molecule has 294 valence electrons. The minimum absolute atomic E-state index is 0.0763. The molecule has 0 unspecified atom stereocenters. The van der Waals surface area contributed by atoms with Crippen LogP contribution >= 0.6 is 0 Å². The zero-order chi connectivity index (χ0) is 35.8. The molecule has 0 radical (unpaired) electrons. The molecule has 11 nitrogen and oxygen atoms in total. The highest BCUT2D eigenvalue weighted by atomic mass is 16.6. The van der Waals surface area contributed by atoms with E-state index in [1.54, 1.807) is 0 Å². The second kappa shape index (κ2) is 39.9. The van der Waals surface area contributed by atoms with Gasteiger partial charge in [0, 0.05) is 6.61 Å². The third-order valence-electron chi connectivity index (χ3n) is 7.26. The number of rotatable bonds is 41. The van der Waals surface area contributed by atoms with Crippen LogP contribution in [0, 0.1) is 0 Å². The van der Waals surface area contributed by atoms with Crippen LogP contribution in [0.1, 0.15) is 118 Å². The average molecular weight is 709 g/mol. The highest BCUT2D eigenvalue weighted by Crippen LogP contribution is 2.13. The van der Waals surface area contributed by atoms with Crippen LogP contribution in [0.25, 0.3) is 0 Å². The third kappa shape index (κ3) is 45.1. The fraction of sp³-hybridized carbons (Fsp3) is 0.974. The van der Waals surface area contributed by atoms with Gasteiger partial charge in [-0.15, -0.1) is 0 Å². The molecule has 0 aliphatic heterocycles. The first-order valence-corrected chi connectivity index (χ1v) is 19.4. The van der Waals surface area contributed by atoms with Crippen LogP contribution in [-0.2, 0) is 52.2 Å². The SMILES string of the molecule is CCCCCCCCCCCCCCCCOCCOCCOCCOCCOCCOCCOCCOCCOCC(=O)OC(C)(C)C. The molecule has 0 spiro atoms. The maximum atomic E-state index is 11.5. The van der Waals surface area contributed by atoms with Crippen molar-refractivity contribution in [1.29, 1.82) is 0 Å². The Hall–Kier alpha value is -0.890. The number of hydrogen-bond acceptors (Lipinski definition) is 11. The van der Waals surface area contributed by atoms with Crippen molar-refractivity contribution in [2.75, 3.05) is 119 Å². The molecule has 0 aliphatic rings. The lowest BCUT2D eigenvalue weighted by atomic mass is 10.0. The van der Waals surface area contributed by atoms with Crippen LogP contribution in [0.3, 0.4) is 0 Å². The van der Waals surface area contributed by atoms with Crippen molar-refractivity contribution in [2.45, 2.75) is 123 Å². The summed E-state index contributed by atoms with van der Waals surface area (Å²) in [6.07, 6.45) is 19.2. The Bertz CT molecular complexity index is 646. The molecule has 0 rings (SSSR count). The summed E-state index contributed by atoms with van der Waals surface area (Å²) in [4.78, 5) is 11.5. The van der Waals surface area contributed by atoms with Gasteiger partial charge in [-0.2, -0.15) is 0 Å². The van der Waals surface area contributed by atoms with Crippen molar-refractivity contribution < 1.29 is 52.2 Å². The first-order valence-electron chi connectivity index (χ1n) is 19.4. The molecule has 0 amide bonds. The van der Waals surface area contributed by atoms with Crippen molar-refractivity contribution >= 4 is 5.97 Å². The highest BCUT2D eigenvalue weighted by molar-refractivity contribution is 5.71. The van der Waals surface area contributed by atoms with E-state index in [2.05, 4.69) is 6.92 Å². The highest BCUT2D eigenvalue weighted by Gasteiger charge is 2.15. The molecule has 0 aliphatic carbocycles. The first-order chi connectivity index (χ1) is 24.0. The second-order valence-electron chi connectivity index (χ2n) is 13.1. The predicted molar refractivity (Wildman–Crippen MR) is 194 cm³/mol. The Kier molecular flexibility index (Phi) is 39.2. The quantitative estimate of drug-likeness (QED) is 0.0486. The molecule has 0 N–H and O–H groups in total. The van der Waals surface area contributed by atoms with Crippen molar-refractivity contribution in [1.82, 2.24) is 0 Å².